The van der Waals surface area contributed by atoms with Gasteiger partial charge < -0.3 is 15.4 Å². The molecule has 0 saturated heterocycles. The molecule has 2 N–H and O–H groups in total. The molecular formula is C22H32N2O2. The average molecular weight is 357 g/mol. The molecule has 1 amide bonds. The Kier molecular flexibility index (Phi) is 4.72. The molecule has 26 heavy (non-hydrogen) atoms. The van der Waals surface area contributed by atoms with Gasteiger partial charge >= 0.3 is 0 Å². The number of hydrogen-bond donors (Lipinski definition) is 2. The molecule has 0 radical (unpaired) electrons. The topological polar surface area (TPSA) is 50.4 Å². The highest BCUT2D eigenvalue weighted by Gasteiger charge is 2.53. The monoisotopic (exact) mass is 356 g/mol. The standard InChI is InChI=1S/C22H32N2O2/c1-14(21(25)24-19-6-4-5-7-20(19)26-3)23-15(2)22-11-16-8-17(12-22)10-18(9-16)13-22/h4-7,14-18,23H,8-13H2,1-3H3,(H,24,25)/t14-,15+,16?,17?,18?,22?/m1/s1. The zero-order valence-electron chi connectivity index (χ0n) is 16.3. The highest BCUT2D eigenvalue weighted by atomic mass is 16.5. The second-order valence-corrected chi connectivity index (χ2v) is 9.08. The van der Waals surface area contributed by atoms with Crippen LogP contribution in [0.2, 0.25) is 0 Å². The Balaban J connectivity index is 1.40. The van der Waals surface area contributed by atoms with E-state index in [-0.39, 0.29) is 11.9 Å². The van der Waals surface area contributed by atoms with E-state index in [1.165, 1.54) is 38.5 Å². The van der Waals surface area contributed by atoms with Gasteiger partial charge in [-0.05, 0) is 87.7 Å². The Morgan fingerprint density at radius 3 is 2.23 bits per heavy atom. The Morgan fingerprint density at radius 2 is 1.65 bits per heavy atom. The van der Waals surface area contributed by atoms with E-state index < -0.39 is 0 Å². The van der Waals surface area contributed by atoms with Crippen LogP contribution < -0.4 is 15.4 Å². The zero-order valence-corrected chi connectivity index (χ0v) is 16.3. The Labute approximate surface area is 157 Å². The van der Waals surface area contributed by atoms with Crippen LogP contribution in [-0.2, 0) is 4.79 Å². The summed E-state index contributed by atoms with van der Waals surface area (Å²) in [5.74, 6) is 3.50. The number of ether oxygens (including phenoxy) is 1. The third-order valence-corrected chi connectivity index (χ3v) is 7.26. The van der Waals surface area contributed by atoms with E-state index in [0.29, 0.717) is 17.2 Å². The third-order valence-electron chi connectivity index (χ3n) is 7.26. The SMILES string of the molecule is COc1ccccc1NC(=O)[C@@H](C)N[C@@H](C)C12CC3CC(CC(C3)C1)C2. The molecule has 0 aliphatic heterocycles. The van der Waals surface area contributed by atoms with Gasteiger partial charge in [0, 0.05) is 6.04 Å². The first kappa shape index (κ1) is 17.8. The molecule has 4 aliphatic rings. The van der Waals surface area contributed by atoms with Crippen LogP contribution in [0.25, 0.3) is 0 Å². The summed E-state index contributed by atoms with van der Waals surface area (Å²) in [7, 11) is 1.63. The normalized spacial score (nSPS) is 34.3. The molecule has 4 heteroatoms. The van der Waals surface area contributed by atoms with Crippen molar-refractivity contribution in [1.29, 1.82) is 0 Å². The molecule has 1 aromatic carbocycles. The van der Waals surface area contributed by atoms with Gasteiger partial charge in [-0.3, -0.25) is 4.79 Å². The minimum Gasteiger partial charge on any atom is -0.495 e. The number of amides is 1. The average Bonchev–Trinajstić information content (AvgIpc) is 2.61. The summed E-state index contributed by atoms with van der Waals surface area (Å²) >= 11 is 0. The summed E-state index contributed by atoms with van der Waals surface area (Å²) in [6.45, 7) is 4.28. The van der Waals surface area contributed by atoms with E-state index in [0.717, 1.165) is 23.4 Å². The van der Waals surface area contributed by atoms with Crippen molar-refractivity contribution in [3.8, 4) is 5.75 Å². The molecular weight excluding hydrogens is 324 g/mol. The molecule has 0 heterocycles. The summed E-state index contributed by atoms with van der Waals surface area (Å²) in [4.78, 5) is 12.7. The van der Waals surface area contributed by atoms with Gasteiger partial charge in [0.25, 0.3) is 0 Å². The Morgan fingerprint density at radius 1 is 1.08 bits per heavy atom. The van der Waals surface area contributed by atoms with Crippen LogP contribution >= 0.6 is 0 Å². The summed E-state index contributed by atoms with van der Waals surface area (Å²) in [6, 6.07) is 7.73. The lowest BCUT2D eigenvalue weighted by Gasteiger charge is -2.59. The fraction of sp³-hybridized carbons (Fsp3) is 0.682. The molecule has 4 nitrogen and oxygen atoms in total. The molecule has 142 valence electrons. The predicted octanol–water partition coefficient (Wildman–Crippen LogP) is 4.22. The quantitative estimate of drug-likeness (QED) is 0.802. The minimum atomic E-state index is -0.220. The maximum atomic E-state index is 12.7. The van der Waals surface area contributed by atoms with Crippen LogP contribution in [0.4, 0.5) is 5.69 Å². The van der Waals surface area contributed by atoms with Crippen molar-refractivity contribution in [2.75, 3.05) is 12.4 Å². The fourth-order valence-electron chi connectivity index (χ4n) is 6.32. The number of hydrogen-bond acceptors (Lipinski definition) is 3. The minimum absolute atomic E-state index is 0.00563. The van der Waals surface area contributed by atoms with E-state index in [4.69, 9.17) is 4.74 Å². The van der Waals surface area contributed by atoms with Crippen LogP contribution in [0.3, 0.4) is 0 Å². The van der Waals surface area contributed by atoms with Crippen molar-refractivity contribution < 1.29 is 9.53 Å². The summed E-state index contributed by atoms with van der Waals surface area (Å²) in [5.41, 5.74) is 1.14. The van der Waals surface area contributed by atoms with Crippen LogP contribution in [0, 0.1) is 23.2 Å². The van der Waals surface area contributed by atoms with Gasteiger partial charge in [-0.1, -0.05) is 12.1 Å². The molecule has 4 aliphatic carbocycles. The van der Waals surface area contributed by atoms with E-state index >= 15 is 0 Å². The molecule has 4 fully saturated rings. The van der Waals surface area contributed by atoms with Crippen LogP contribution in [0.1, 0.15) is 52.4 Å². The molecule has 1 aromatic rings. The molecule has 0 aromatic heterocycles. The second kappa shape index (κ2) is 6.88. The van der Waals surface area contributed by atoms with Gasteiger partial charge in [0.2, 0.25) is 5.91 Å². The first-order valence-corrected chi connectivity index (χ1v) is 10.2. The third kappa shape index (κ3) is 3.24. The van der Waals surface area contributed by atoms with E-state index in [1.54, 1.807) is 7.11 Å². The van der Waals surface area contributed by atoms with Crippen molar-refractivity contribution in [2.45, 2.75) is 64.5 Å². The molecule has 0 spiro atoms. The fourth-order valence-corrected chi connectivity index (χ4v) is 6.32. The Hall–Kier alpha value is -1.55. The summed E-state index contributed by atoms with van der Waals surface area (Å²) in [6.07, 6.45) is 8.43. The van der Waals surface area contributed by atoms with Crippen LogP contribution in [-0.4, -0.2) is 25.1 Å². The van der Waals surface area contributed by atoms with Gasteiger partial charge in [-0.25, -0.2) is 0 Å². The van der Waals surface area contributed by atoms with E-state index in [1.807, 2.05) is 31.2 Å². The maximum absolute atomic E-state index is 12.7. The molecule has 5 rings (SSSR count). The zero-order chi connectivity index (χ0) is 18.3. The van der Waals surface area contributed by atoms with Crippen molar-refractivity contribution in [3.05, 3.63) is 24.3 Å². The van der Waals surface area contributed by atoms with Crippen molar-refractivity contribution in [2.24, 2.45) is 23.2 Å². The maximum Gasteiger partial charge on any atom is 0.241 e. The number of carbonyl (C=O) groups excluding carboxylic acids is 1. The lowest BCUT2D eigenvalue weighted by atomic mass is 9.48. The van der Waals surface area contributed by atoms with Crippen molar-refractivity contribution in [1.82, 2.24) is 5.32 Å². The first-order valence-electron chi connectivity index (χ1n) is 10.2. The van der Waals surface area contributed by atoms with Gasteiger partial charge in [0.15, 0.2) is 0 Å². The number of benzene rings is 1. The van der Waals surface area contributed by atoms with E-state index in [2.05, 4.69) is 17.6 Å². The van der Waals surface area contributed by atoms with Gasteiger partial charge in [0.1, 0.15) is 5.75 Å². The smallest absolute Gasteiger partial charge is 0.241 e. The van der Waals surface area contributed by atoms with Crippen molar-refractivity contribution >= 4 is 11.6 Å². The van der Waals surface area contributed by atoms with Gasteiger partial charge in [-0.15, -0.1) is 0 Å². The highest BCUT2D eigenvalue weighted by Crippen LogP contribution is 2.61. The highest BCUT2D eigenvalue weighted by molar-refractivity contribution is 5.95. The molecule has 2 atom stereocenters. The number of para-hydroxylation sites is 2. The van der Waals surface area contributed by atoms with Crippen LogP contribution in [0.5, 0.6) is 5.75 Å². The molecule has 4 bridgehead atoms. The Bertz CT molecular complexity index is 637. The summed E-state index contributed by atoms with van der Waals surface area (Å²) in [5, 5.41) is 6.66. The molecule has 4 saturated carbocycles. The number of nitrogens with one attached hydrogen (secondary N) is 2. The lowest BCUT2D eigenvalue weighted by Crippen LogP contribution is -2.57. The predicted molar refractivity (Wildman–Crippen MR) is 104 cm³/mol. The number of carbonyl (C=O) groups is 1. The summed E-state index contributed by atoms with van der Waals surface area (Å²) < 4.78 is 5.34. The number of rotatable bonds is 6. The number of methoxy groups -OCH3 is 1. The first-order chi connectivity index (χ1) is 12.5. The van der Waals surface area contributed by atoms with Gasteiger partial charge in [0.05, 0.1) is 18.8 Å². The second-order valence-electron chi connectivity index (χ2n) is 9.08. The lowest BCUT2D eigenvalue weighted by molar-refractivity contribution is -0.119. The van der Waals surface area contributed by atoms with Crippen LogP contribution in [0.15, 0.2) is 24.3 Å². The van der Waals surface area contributed by atoms with Gasteiger partial charge in [-0.2, -0.15) is 0 Å². The van der Waals surface area contributed by atoms with E-state index in [9.17, 15) is 4.79 Å². The number of anilines is 1. The van der Waals surface area contributed by atoms with Crippen molar-refractivity contribution in [3.63, 3.8) is 0 Å². The largest absolute Gasteiger partial charge is 0.495 e. The molecule has 0 unspecified atom stereocenters.